The van der Waals surface area contributed by atoms with E-state index in [0.29, 0.717) is 18.2 Å². The Morgan fingerprint density at radius 1 is 1.30 bits per heavy atom. The fraction of sp³-hybridized carbons (Fsp3) is 0.533. The van der Waals surface area contributed by atoms with E-state index in [1.807, 2.05) is 12.1 Å². The van der Waals surface area contributed by atoms with Crippen molar-refractivity contribution < 1.29 is 4.39 Å². The van der Waals surface area contributed by atoms with Gasteiger partial charge in [0.1, 0.15) is 5.82 Å². The summed E-state index contributed by atoms with van der Waals surface area (Å²) in [5.74, 6) is 0.0881. The van der Waals surface area contributed by atoms with Gasteiger partial charge in [0.05, 0.1) is 11.5 Å². The van der Waals surface area contributed by atoms with Gasteiger partial charge in [-0.25, -0.2) is 4.39 Å². The van der Waals surface area contributed by atoms with Crippen molar-refractivity contribution in [3.63, 3.8) is 0 Å². The van der Waals surface area contributed by atoms with Crippen molar-refractivity contribution >= 4 is 11.5 Å². The lowest BCUT2D eigenvalue weighted by atomic mass is 10.1. The molecule has 2 rings (SSSR count). The van der Waals surface area contributed by atoms with Crippen molar-refractivity contribution in [1.29, 1.82) is 5.41 Å². The van der Waals surface area contributed by atoms with Gasteiger partial charge in [-0.05, 0) is 18.6 Å². The first-order valence-corrected chi connectivity index (χ1v) is 7.18. The van der Waals surface area contributed by atoms with Gasteiger partial charge in [0, 0.05) is 38.6 Å². The largest absolute Gasteiger partial charge is 0.388 e. The monoisotopic (exact) mass is 278 g/mol. The zero-order chi connectivity index (χ0) is 14.5. The highest BCUT2D eigenvalue weighted by molar-refractivity contribution is 5.77. The molecule has 20 heavy (non-hydrogen) atoms. The van der Waals surface area contributed by atoms with Crippen LogP contribution in [0.5, 0.6) is 0 Å². The van der Waals surface area contributed by atoms with E-state index < -0.39 is 0 Å². The lowest BCUT2D eigenvalue weighted by Crippen LogP contribution is -2.51. The van der Waals surface area contributed by atoms with Crippen LogP contribution in [0.4, 0.5) is 10.1 Å². The number of nitrogens with one attached hydrogen (secondary N) is 1. The Morgan fingerprint density at radius 2 is 1.95 bits per heavy atom. The van der Waals surface area contributed by atoms with Crippen LogP contribution in [-0.2, 0) is 0 Å². The molecule has 110 valence electrons. The van der Waals surface area contributed by atoms with Gasteiger partial charge in [0.15, 0.2) is 0 Å². The van der Waals surface area contributed by atoms with Gasteiger partial charge in [-0.2, -0.15) is 0 Å². The average molecular weight is 278 g/mol. The highest BCUT2D eigenvalue weighted by atomic mass is 19.1. The SMILES string of the molecule is CCC(CC(=N)N)N1CCN(c2ccccc2F)CC1. The van der Waals surface area contributed by atoms with Gasteiger partial charge in [-0.1, -0.05) is 19.1 Å². The van der Waals surface area contributed by atoms with Crippen molar-refractivity contribution in [3.05, 3.63) is 30.1 Å². The molecule has 0 bridgehead atoms. The fourth-order valence-electron chi connectivity index (χ4n) is 2.82. The van der Waals surface area contributed by atoms with E-state index in [1.54, 1.807) is 6.07 Å². The van der Waals surface area contributed by atoms with Crippen molar-refractivity contribution in [2.75, 3.05) is 31.1 Å². The zero-order valence-corrected chi connectivity index (χ0v) is 12.0. The molecule has 0 aliphatic carbocycles. The second-order valence-corrected chi connectivity index (χ2v) is 5.27. The standard InChI is InChI=1S/C15H23FN4/c1-2-12(11-15(17)18)19-7-9-20(10-8-19)14-6-4-3-5-13(14)16/h3-6,12H,2,7-11H2,1H3,(H3,17,18). The third-order valence-electron chi connectivity index (χ3n) is 3.95. The van der Waals surface area contributed by atoms with Crippen LogP contribution < -0.4 is 10.6 Å². The first kappa shape index (κ1) is 14.8. The lowest BCUT2D eigenvalue weighted by molar-refractivity contribution is 0.183. The van der Waals surface area contributed by atoms with Crippen LogP contribution in [0.1, 0.15) is 19.8 Å². The molecule has 1 fully saturated rings. The van der Waals surface area contributed by atoms with Gasteiger partial charge < -0.3 is 10.6 Å². The maximum absolute atomic E-state index is 13.8. The summed E-state index contributed by atoms with van der Waals surface area (Å²) in [4.78, 5) is 4.45. The van der Waals surface area contributed by atoms with Gasteiger partial charge >= 0.3 is 0 Å². The van der Waals surface area contributed by atoms with E-state index in [4.69, 9.17) is 11.1 Å². The smallest absolute Gasteiger partial charge is 0.146 e. The molecule has 1 saturated heterocycles. The molecule has 1 aliphatic heterocycles. The summed E-state index contributed by atoms with van der Waals surface area (Å²) in [6.07, 6.45) is 1.61. The van der Waals surface area contributed by atoms with Gasteiger partial charge in [0.25, 0.3) is 0 Å². The van der Waals surface area contributed by atoms with E-state index in [2.05, 4.69) is 16.7 Å². The fourth-order valence-corrected chi connectivity index (χ4v) is 2.82. The predicted octanol–water partition coefficient (Wildman–Crippen LogP) is 2.05. The number of rotatable bonds is 5. The number of para-hydroxylation sites is 1. The molecule has 1 unspecified atom stereocenters. The first-order valence-electron chi connectivity index (χ1n) is 7.18. The molecule has 1 aromatic rings. The van der Waals surface area contributed by atoms with Crippen molar-refractivity contribution in [2.45, 2.75) is 25.8 Å². The Balaban J connectivity index is 1.95. The topological polar surface area (TPSA) is 56.4 Å². The Labute approximate surface area is 119 Å². The summed E-state index contributed by atoms with van der Waals surface area (Å²) >= 11 is 0. The second-order valence-electron chi connectivity index (χ2n) is 5.27. The van der Waals surface area contributed by atoms with E-state index in [0.717, 1.165) is 32.6 Å². The Kier molecular flexibility index (Phi) is 4.95. The molecular formula is C15H23FN4. The van der Waals surface area contributed by atoms with E-state index >= 15 is 0 Å². The average Bonchev–Trinajstić information content (AvgIpc) is 2.45. The van der Waals surface area contributed by atoms with Crippen LogP contribution in [0.25, 0.3) is 0 Å². The Morgan fingerprint density at radius 3 is 2.50 bits per heavy atom. The number of nitrogens with zero attached hydrogens (tertiary/aromatic N) is 2. The van der Waals surface area contributed by atoms with Crippen LogP contribution in [-0.4, -0.2) is 43.0 Å². The molecule has 5 heteroatoms. The van der Waals surface area contributed by atoms with Crippen LogP contribution in [0.15, 0.2) is 24.3 Å². The molecule has 1 aromatic carbocycles. The summed E-state index contributed by atoms with van der Waals surface area (Å²) in [5, 5.41) is 7.44. The number of halogens is 1. The summed E-state index contributed by atoms with van der Waals surface area (Å²) < 4.78 is 13.8. The molecule has 0 amide bonds. The molecule has 1 aliphatic rings. The number of nitrogens with two attached hydrogens (primary N) is 1. The minimum atomic E-state index is -0.156. The first-order chi connectivity index (χ1) is 9.61. The van der Waals surface area contributed by atoms with Crippen molar-refractivity contribution in [3.8, 4) is 0 Å². The van der Waals surface area contributed by atoms with E-state index in [-0.39, 0.29) is 11.7 Å². The maximum atomic E-state index is 13.8. The Hall–Kier alpha value is -1.62. The summed E-state index contributed by atoms with van der Waals surface area (Å²) in [7, 11) is 0. The summed E-state index contributed by atoms with van der Waals surface area (Å²) in [6.45, 7) is 5.53. The number of amidine groups is 1. The molecular weight excluding hydrogens is 255 g/mol. The molecule has 0 spiro atoms. The van der Waals surface area contributed by atoms with Gasteiger partial charge in [0.2, 0.25) is 0 Å². The predicted molar refractivity (Wildman–Crippen MR) is 80.8 cm³/mol. The number of hydrogen-bond donors (Lipinski definition) is 2. The zero-order valence-electron chi connectivity index (χ0n) is 12.0. The van der Waals surface area contributed by atoms with Crippen molar-refractivity contribution in [1.82, 2.24) is 4.90 Å². The molecule has 3 N–H and O–H groups in total. The van der Waals surface area contributed by atoms with E-state index in [1.165, 1.54) is 6.07 Å². The quantitative estimate of drug-likeness (QED) is 0.640. The highest BCUT2D eigenvalue weighted by Gasteiger charge is 2.24. The van der Waals surface area contributed by atoms with Crippen LogP contribution in [0, 0.1) is 11.2 Å². The minimum Gasteiger partial charge on any atom is -0.388 e. The summed E-state index contributed by atoms with van der Waals surface area (Å²) in [5.41, 5.74) is 6.20. The molecule has 1 heterocycles. The third-order valence-corrected chi connectivity index (χ3v) is 3.95. The van der Waals surface area contributed by atoms with Crippen LogP contribution in [0.3, 0.4) is 0 Å². The number of piperazine rings is 1. The minimum absolute atomic E-state index is 0.156. The third kappa shape index (κ3) is 3.48. The van der Waals surface area contributed by atoms with Crippen LogP contribution in [0.2, 0.25) is 0 Å². The molecule has 0 saturated carbocycles. The Bertz CT molecular complexity index is 455. The highest BCUT2D eigenvalue weighted by Crippen LogP contribution is 2.21. The number of anilines is 1. The van der Waals surface area contributed by atoms with Gasteiger partial charge in [-0.3, -0.25) is 10.3 Å². The molecule has 0 aromatic heterocycles. The second kappa shape index (κ2) is 6.70. The van der Waals surface area contributed by atoms with E-state index in [9.17, 15) is 4.39 Å². The number of benzene rings is 1. The molecule has 0 radical (unpaired) electrons. The van der Waals surface area contributed by atoms with Crippen LogP contribution >= 0.6 is 0 Å². The van der Waals surface area contributed by atoms with Crippen molar-refractivity contribution in [2.24, 2.45) is 5.73 Å². The maximum Gasteiger partial charge on any atom is 0.146 e. The molecule has 1 atom stereocenters. The summed E-state index contributed by atoms with van der Waals surface area (Å²) in [6, 6.07) is 7.25. The normalized spacial score (nSPS) is 18.0. The number of hydrogen-bond acceptors (Lipinski definition) is 3. The van der Waals surface area contributed by atoms with Gasteiger partial charge in [-0.15, -0.1) is 0 Å². The lowest BCUT2D eigenvalue weighted by Gasteiger charge is -2.40. The molecule has 4 nitrogen and oxygen atoms in total.